The Bertz CT molecular complexity index is 1330. The van der Waals surface area contributed by atoms with Crippen LogP contribution >= 0.6 is 0 Å². The number of fused-ring (bicyclic) bond motifs is 1. The smallest absolute Gasteiger partial charge is 0.281 e. The van der Waals surface area contributed by atoms with Gasteiger partial charge in [0.2, 0.25) is 5.91 Å². The summed E-state index contributed by atoms with van der Waals surface area (Å²) in [5.74, 6) is 0.663. The second kappa shape index (κ2) is 8.97. The number of carbonyl (C=O) groups is 1. The number of nitrogens with one attached hydrogen (secondary N) is 1. The van der Waals surface area contributed by atoms with Crippen LogP contribution in [0.2, 0.25) is 0 Å². The SMILES string of the molecule is Cc1ccc(Cn2nnc3c(=O)[nH]c([C@@H]4CCCN(C(=O)Cc5ccccc5)C4)nc32)cc1. The van der Waals surface area contributed by atoms with E-state index in [0.717, 1.165) is 30.5 Å². The zero-order valence-corrected chi connectivity index (χ0v) is 18.6. The Balaban J connectivity index is 1.38. The number of likely N-dealkylation sites (tertiary alicyclic amines) is 1. The van der Waals surface area contributed by atoms with E-state index in [9.17, 15) is 9.59 Å². The minimum atomic E-state index is -0.294. The van der Waals surface area contributed by atoms with Crippen LogP contribution in [0.5, 0.6) is 0 Å². The average molecular weight is 443 g/mol. The number of amides is 1. The number of H-pyrrole nitrogens is 1. The van der Waals surface area contributed by atoms with Crippen LogP contribution in [-0.2, 0) is 17.8 Å². The first kappa shape index (κ1) is 21.1. The lowest BCUT2D eigenvalue weighted by atomic mass is 9.96. The van der Waals surface area contributed by atoms with Gasteiger partial charge in [-0.1, -0.05) is 65.4 Å². The van der Waals surface area contributed by atoms with Gasteiger partial charge in [0.1, 0.15) is 5.82 Å². The number of aryl methyl sites for hydroxylation is 1. The molecule has 2 aromatic carbocycles. The van der Waals surface area contributed by atoms with Crippen molar-refractivity contribution in [2.24, 2.45) is 0 Å². The van der Waals surface area contributed by atoms with Crippen LogP contribution in [0, 0.1) is 6.92 Å². The third kappa shape index (κ3) is 4.55. The summed E-state index contributed by atoms with van der Waals surface area (Å²) in [7, 11) is 0. The normalized spacial score (nSPS) is 16.3. The molecular formula is C25H26N6O2. The molecule has 0 bridgehead atoms. The largest absolute Gasteiger partial charge is 0.342 e. The van der Waals surface area contributed by atoms with Crippen molar-refractivity contribution in [1.29, 1.82) is 0 Å². The first-order valence-electron chi connectivity index (χ1n) is 11.3. The Morgan fingerprint density at radius 3 is 2.67 bits per heavy atom. The number of benzene rings is 2. The number of piperidine rings is 1. The molecule has 1 N–H and O–H groups in total. The molecule has 1 fully saturated rings. The van der Waals surface area contributed by atoms with Gasteiger partial charge in [0.15, 0.2) is 11.2 Å². The van der Waals surface area contributed by atoms with Crippen molar-refractivity contribution in [3.63, 3.8) is 0 Å². The minimum absolute atomic E-state index is 0.0294. The minimum Gasteiger partial charge on any atom is -0.342 e. The Morgan fingerprint density at radius 1 is 1.09 bits per heavy atom. The molecule has 0 radical (unpaired) electrons. The molecule has 4 aromatic rings. The Labute approximate surface area is 191 Å². The summed E-state index contributed by atoms with van der Waals surface area (Å²) in [6.45, 7) is 3.79. The molecule has 1 aliphatic rings. The lowest BCUT2D eigenvalue weighted by molar-refractivity contribution is -0.131. The quantitative estimate of drug-likeness (QED) is 0.513. The van der Waals surface area contributed by atoms with E-state index in [0.29, 0.717) is 31.0 Å². The highest BCUT2D eigenvalue weighted by molar-refractivity contribution is 5.79. The highest BCUT2D eigenvalue weighted by atomic mass is 16.2. The molecule has 2 aromatic heterocycles. The molecule has 3 heterocycles. The number of aromatic amines is 1. The predicted octanol–water partition coefficient (Wildman–Crippen LogP) is 2.82. The molecular weight excluding hydrogens is 416 g/mol. The maximum Gasteiger partial charge on any atom is 0.281 e. The van der Waals surface area contributed by atoms with E-state index >= 15 is 0 Å². The molecule has 33 heavy (non-hydrogen) atoms. The fourth-order valence-corrected chi connectivity index (χ4v) is 4.36. The van der Waals surface area contributed by atoms with Crippen molar-refractivity contribution < 1.29 is 4.79 Å². The van der Waals surface area contributed by atoms with Crippen molar-refractivity contribution in [3.8, 4) is 0 Å². The molecule has 8 heteroatoms. The fraction of sp³-hybridized carbons (Fsp3) is 0.320. The summed E-state index contributed by atoms with van der Waals surface area (Å²) < 4.78 is 1.67. The van der Waals surface area contributed by atoms with Gasteiger partial charge >= 0.3 is 0 Å². The van der Waals surface area contributed by atoms with Crippen molar-refractivity contribution in [1.82, 2.24) is 29.9 Å². The Kier molecular flexibility index (Phi) is 5.73. The van der Waals surface area contributed by atoms with Crippen molar-refractivity contribution >= 4 is 17.1 Å². The summed E-state index contributed by atoms with van der Waals surface area (Å²) in [4.78, 5) is 35.1. The number of aromatic nitrogens is 5. The van der Waals surface area contributed by atoms with Gasteiger partial charge in [0.05, 0.1) is 13.0 Å². The zero-order valence-electron chi connectivity index (χ0n) is 18.6. The molecule has 1 amide bonds. The van der Waals surface area contributed by atoms with E-state index < -0.39 is 0 Å². The van der Waals surface area contributed by atoms with E-state index in [-0.39, 0.29) is 22.9 Å². The number of hydrogen-bond donors (Lipinski definition) is 1. The molecule has 1 aliphatic heterocycles. The molecule has 168 valence electrons. The molecule has 1 atom stereocenters. The monoisotopic (exact) mass is 442 g/mol. The summed E-state index contributed by atoms with van der Waals surface area (Å²) in [6.07, 6.45) is 2.11. The second-order valence-electron chi connectivity index (χ2n) is 8.70. The maximum absolute atomic E-state index is 12.9. The molecule has 8 nitrogen and oxygen atoms in total. The predicted molar refractivity (Wildman–Crippen MR) is 125 cm³/mol. The van der Waals surface area contributed by atoms with Gasteiger partial charge in [-0.25, -0.2) is 9.67 Å². The molecule has 0 aliphatic carbocycles. The number of rotatable bonds is 5. The third-order valence-electron chi connectivity index (χ3n) is 6.20. The maximum atomic E-state index is 12.9. The van der Waals surface area contributed by atoms with E-state index in [2.05, 4.69) is 15.3 Å². The zero-order chi connectivity index (χ0) is 22.8. The van der Waals surface area contributed by atoms with Crippen molar-refractivity contribution in [2.75, 3.05) is 13.1 Å². The fourth-order valence-electron chi connectivity index (χ4n) is 4.36. The molecule has 1 saturated heterocycles. The van der Waals surface area contributed by atoms with Gasteiger partial charge in [-0.3, -0.25) is 9.59 Å². The first-order chi connectivity index (χ1) is 16.1. The second-order valence-corrected chi connectivity index (χ2v) is 8.70. The lowest BCUT2D eigenvalue weighted by Crippen LogP contribution is -2.40. The summed E-state index contributed by atoms with van der Waals surface area (Å²) in [5, 5.41) is 8.22. The third-order valence-corrected chi connectivity index (χ3v) is 6.20. The van der Waals surface area contributed by atoms with E-state index in [4.69, 9.17) is 4.98 Å². The summed E-state index contributed by atoms with van der Waals surface area (Å²) in [5.41, 5.74) is 3.66. The van der Waals surface area contributed by atoms with Crippen LogP contribution in [-0.4, -0.2) is 48.9 Å². The number of carbonyl (C=O) groups excluding carboxylic acids is 1. The van der Waals surface area contributed by atoms with Gasteiger partial charge in [-0.05, 0) is 30.9 Å². The van der Waals surface area contributed by atoms with E-state index in [1.165, 1.54) is 5.56 Å². The van der Waals surface area contributed by atoms with Crippen LogP contribution in [0.15, 0.2) is 59.4 Å². The molecule has 5 rings (SSSR count). The molecule has 0 unspecified atom stereocenters. The van der Waals surface area contributed by atoms with E-state index in [1.807, 2.05) is 66.4 Å². The van der Waals surface area contributed by atoms with Gasteiger partial charge in [-0.2, -0.15) is 0 Å². The van der Waals surface area contributed by atoms with Crippen LogP contribution in [0.25, 0.3) is 11.2 Å². The highest BCUT2D eigenvalue weighted by Crippen LogP contribution is 2.25. The van der Waals surface area contributed by atoms with Gasteiger partial charge < -0.3 is 9.88 Å². The molecule has 0 saturated carbocycles. The van der Waals surface area contributed by atoms with Crippen molar-refractivity contribution in [3.05, 3.63) is 87.5 Å². The van der Waals surface area contributed by atoms with Crippen LogP contribution in [0.1, 0.15) is 41.3 Å². The summed E-state index contributed by atoms with van der Waals surface area (Å²) in [6, 6.07) is 17.9. The van der Waals surface area contributed by atoms with E-state index in [1.54, 1.807) is 4.68 Å². The molecule has 0 spiro atoms. The topological polar surface area (TPSA) is 96.8 Å². The van der Waals surface area contributed by atoms with Crippen LogP contribution in [0.4, 0.5) is 0 Å². The van der Waals surface area contributed by atoms with Crippen molar-refractivity contribution in [2.45, 2.75) is 38.6 Å². The Hall–Kier alpha value is -3.81. The lowest BCUT2D eigenvalue weighted by Gasteiger charge is -2.32. The highest BCUT2D eigenvalue weighted by Gasteiger charge is 2.27. The number of hydrogen-bond acceptors (Lipinski definition) is 5. The first-order valence-corrected chi connectivity index (χ1v) is 11.3. The standard InChI is InChI=1S/C25H26N6O2/c1-17-9-11-19(12-10-17)15-31-24-22(28-29-31)25(33)27-23(26-24)20-8-5-13-30(16-20)21(32)14-18-6-3-2-4-7-18/h2-4,6-7,9-12,20H,5,8,13-16H2,1H3,(H,26,27,33)/t20-/m1/s1. The average Bonchev–Trinajstić information content (AvgIpc) is 3.24. The summed E-state index contributed by atoms with van der Waals surface area (Å²) >= 11 is 0. The number of nitrogens with zero attached hydrogens (tertiary/aromatic N) is 5. The van der Waals surface area contributed by atoms with Gasteiger partial charge in [0, 0.05) is 19.0 Å². The van der Waals surface area contributed by atoms with Crippen LogP contribution in [0.3, 0.4) is 0 Å². The Morgan fingerprint density at radius 2 is 1.88 bits per heavy atom. The van der Waals surface area contributed by atoms with Crippen LogP contribution < -0.4 is 5.56 Å². The van der Waals surface area contributed by atoms with Gasteiger partial charge in [-0.15, -0.1) is 5.10 Å². The van der Waals surface area contributed by atoms with Gasteiger partial charge in [0.25, 0.3) is 5.56 Å².